The van der Waals surface area contributed by atoms with Crippen LogP contribution < -0.4 is 10.6 Å². The molecule has 226 valence electrons. The molecule has 0 bridgehead atoms. The van der Waals surface area contributed by atoms with Crippen molar-refractivity contribution in [2.24, 2.45) is 0 Å². The van der Waals surface area contributed by atoms with Crippen molar-refractivity contribution in [2.75, 3.05) is 38.1 Å². The summed E-state index contributed by atoms with van der Waals surface area (Å²) >= 11 is 0. The number of carboxylic acids is 1. The van der Waals surface area contributed by atoms with E-state index in [2.05, 4.69) is 33.0 Å². The summed E-state index contributed by atoms with van der Waals surface area (Å²) in [5.74, 6) is -1.64. The molecule has 10 nitrogen and oxygen atoms in total. The normalized spacial score (nSPS) is 14.3. The van der Waals surface area contributed by atoms with Crippen molar-refractivity contribution in [3.8, 4) is 0 Å². The SMILES string of the molecule is CC(C)(C)OCCN(CCCCc1ccc2c(n1)NCCC2)CC[C@H](NC(=O)c1nnccc1C(F)(F)F)C(=O)O. The number of aromatic nitrogens is 3. The molecule has 0 fully saturated rings. The van der Waals surface area contributed by atoms with E-state index in [1.807, 2.05) is 25.7 Å². The molecule has 1 aliphatic rings. The van der Waals surface area contributed by atoms with Gasteiger partial charge in [0.15, 0.2) is 5.69 Å². The van der Waals surface area contributed by atoms with Crippen LogP contribution in [0.2, 0.25) is 0 Å². The predicted octanol–water partition coefficient (Wildman–Crippen LogP) is 3.96. The monoisotopic (exact) mass is 580 g/mol. The molecule has 1 aliphatic heterocycles. The van der Waals surface area contributed by atoms with Gasteiger partial charge in [-0.05, 0) is 83.5 Å². The average Bonchev–Trinajstić information content (AvgIpc) is 2.91. The van der Waals surface area contributed by atoms with Gasteiger partial charge in [0.2, 0.25) is 0 Å². The number of alkyl halides is 3. The van der Waals surface area contributed by atoms with Gasteiger partial charge in [0.05, 0.1) is 24.0 Å². The summed E-state index contributed by atoms with van der Waals surface area (Å²) in [6.45, 7) is 8.63. The number of hydrogen-bond donors (Lipinski definition) is 3. The number of unbranched alkanes of at least 4 members (excludes halogenated alkanes) is 1. The second-order valence-electron chi connectivity index (χ2n) is 11.0. The first-order chi connectivity index (χ1) is 19.3. The third-order valence-corrected chi connectivity index (χ3v) is 6.63. The smallest absolute Gasteiger partial charge is 0.418 e. The number of fused-ring (bicyclic) bond motifs is 1. The minimum atomic E-state index is -4.84. The lowest BCUT2D eigenvalue weighted by atomic mass is 10.1. The van der Waals surface area contributed by atoms with Crippen molar-refractivity contribution in [1.82, 2.24) is 25.4 Å². The highest BCUT2D eigenvalue weighted by Crippen LogP contribution is 2.30. The van der Waals surface area contributed by atoms with Gasteiger partial charge in [0, 0.05) is 25.3 Å². The van der Waals surface area contributed by atoms with E-state index in [0.29, 0.717) is 32.3 Å². The highest BCUT2D eigenvalue weighted by Gasteiger charge is 2.37. The minimum Gasteiger partial charge on any atom is -0.480 e. The van der Waals surface area contributed by atoms with Crippen molar-refractivity contribution in [3.63, 3.8) is 0 Å². The molecule has 1 amide bonds. The Morgan fingerprint density at radius 3 is 2.63 bits per heavy atom. The van der Waals surface area contributed by atoms with E-state index in [-0.39, 0.29) is 12.0 Å². The average molecular weight is 581 g/mol. The number of anilines is 1. The van der Waals surface area contributed by atoms with E-state index in [0.717, 1.165) is 56.4 Å². The van der Waals surface area contributed by atoms with E-state index in [9.17, 15) is 27.9 Å². The van der Waals surface area contributed by atoms with E-state index in [1.165, 1.54) is 5.56 Å². The molecular formula is C28H39F3N6O4. The van der Waals surface area contributed by atoms with E-state index < -0.39 is 35.4 Å². The first-order valence-electron chi connectivity index (χ1n) is 13.8. The molecule has 2 aromatic rings. The fourth-order valence-electron chi connectivity index (χ4n) is 4.49. The largest absolute Gasteiger partial charge is 0.480 e. The Hall–Kier alpha value is -3.32. The van der Waals surface area contributed by atoms with Gasteiger partial charge in [-0.25, -0.2) is 9.78 Å². The molecule has 3 N–H and O–H groups in total. The summed E-state index contributed by atoms with van der Waals surface area (Å²) in [5, 5.41) is 21.9. The Morgan fingerprint density at radius 2 is 1.93 bits per heavy atom. The molecule has 41 heavy (non-hydrogen) atoms. The quantitative estimate of drug-likeness (QED) is 0.284. The summed E-state index contributed by atoms with van der Waals surface area (Å²) < 4.78 is 45.7. The van der Waals surface area contributed by atoms with Crippen LogP contribution in [0.3, 0.4) is 0 Å². The Labute approximate surface area is 238 Å². The van der Waals surface area contributed by atoms with Crippen LogP contribution >= 0.6 is 0 Å². The number of amides is 1. The zero-order valence-corrected chi connectivity index (χ0v) is 23.8. The third kappa shape index (κ3) is 10.5. The highest BCUT2D eigenvalue weighted by molar-refractivity contribution is 5.96. The van der Waals surface area contributed by atoms with E-state index >= 15 is 0 Å². The van der Waals surface area contributed by atoms with Crippen LogP contribution in [0.25, 0.3) is 0 Å². The number of rotatable bonds is 14. The maximum Gasteiger partial charge on any atom is 0.418 e. The molecule has 0 aliphatic carbocycles. The summed E-state index contributed by atoms with van der Waals surface area (Å²) in [6.07, 6.45) is 0.589. The number of ether oxygens (including phenoxy) is 1. The van der Waals surface area contributed by atoms with Gasteiger partial charge in [-0.1, -0.05) is 6.07 Å². The van der Waals surface area contributed by atoms with Gasteiger partial charge in [-0.2, -0.15) is 18.3 Å². The lowest BCUT2D eigenvalue weighted by molar-refractivity contribution is -0.139. The molecule has 0 unspecified atom stereocenters. The van der Waals surface area contributed by atoms with Crippen molar-refractivity contribution >= 4 is 17.7 Å². The molecule has 3 rings (SSSR count). The van der Waals surface area contributed by atoms with Gasteiger partial charge in [0.25, 0.3) is 5.91 Å². The molecule has 0 spiro atoms. The minimum absolute atomic E-state index is 0.0176. The fraction of sp³-hybridized carbons (Fsp3) is 0.607. The van der Waals surface area contributed by atoms with Crippen LogP contribution in [0.4, 0.5) is 19.0 Å². The molecule has 3 heterocycles. The number of halogens is 3. The lowest BCUT2D eigenvalue weighted by Crippen LogP contribution is -2.44. The number of pyridine rings is 1. The van der Waals surface area contributed by atoms with E-state index in [1.54, 1.807) is 0 Å². The van der Waals surface area contributed by atoms with Gasteiger partial charge < -0.3 is 25.4 Å². The standard InChI is InChI=1S/C28H39F3N6O4/c1-27(2,3)41-18-17-37(15-5-4-8-20-10-9-19-7-6-13-32-24(19)34-20)16-12-22(26(39)40)35-25(38)23-21(28(29,30)31)11-14-33-36-23/h9-11,14,22H,4-8,12-13,15-18H2,1-3H3,(H,32,34)(H,35,38)(H,39,40)/t22-/m0/s1. The first-order valence-corrected chi connectivity index (χ1v) is 13.8. The van der Waals surface area contributed by atoms with E-state index in [4.69, 9.17) is 9.72 Å². The molecule has 0 saturated heterocycles. The fourth-order valence-corrected chi connectivity index (χ4v) is 4.49. The molecule has 0 aromatic carbocycles. The highest BCUT2D eigenvalue weighted by atomic mass is 19.4. The summed E-state index contributed by atoms with van der Waals surface area (Å²) in [6, 6.07) is 3.40. The van der Waals surface area contributed by atoms with Gasteiger partial charge in [-0.15, -0.1) is 5.10 Å². The zero-order chi connectivity index (χ0) is 30.0. The van der Waals surface area contributed by atoms with Crippen LogP contribution in [0.1, 0.15) is 73.8 Å². The van der Waals surface area contributed by atoms with Crippen LogP contribution in [-0.2, 0) is 28.5 Å². The summed E-state index contributed by atoms with van der Waals surface area (Å²) in [4.78, 5) is 31.2. The summed E-state index contributed by atoms with van der Waals surface area (Å²) in [7, 11) is 0. The second-order valence-corrected chi connectivity index (χ2v) is 11.0. The van der Waals surface area contributed by atoms with Gasteiger partial charge in [-0.3, -0.25) is 4.79 Å². The molecule has 0 saturated carbocycles. The topological polar surface area (TPSA) is 130 Å². The van der Waals surface area contributed by atoms with Crippen LogP contribution in [0.15, 0.2) is 24.4 Å². The molecule has 2 aromatic heterocycles. The molecule has 0 radical (unpaired) electrons. The van der Waals surface area contributed by atoms with Crippen LogP contribution in [-0.4, -0.2) is 81.5 Å². The molecular weight excluding hydrogens is 541 g/mol. The van der Waals surface area contributed by atoms with Crippen molar-refractivity contribution in [1.29, 1.82) is 0 Å². The van der Waals surface area contributed by atoms with Gasteiger partial charge >= 0.3 is 12.1 Å². The maximum absolute atomic E-state index is 13.3. The Balaban J connectivity index is 1.57. The number of carboxylic acid groups (broad SMARTS) is 1. The van der Waals surface area contributed by atoms with Crippen molar-refractivity contribution in [2.45, 2.75) is 77.1 Å². The number of aryl methyl sites for hydroxylation is 2. The number of carbonyl (C=O) groups excluding carboxylic acids is 1. The van der Waals surface area contributed by atoms with Crippen molar-refractivity contribution < 1.29 is 32.6 Å². The zero-order valence-electron chi connectivity index (χ0n) is 23.8. The first kappa shape index (κ1) is 32.2. The summed E-state index contributed by atoms with van der Waals surface area (Å²) in [5.41, 5.74) is -0.342. The number of carbonyl (C=O) groups is 2. The Bertz CT molecular complexity index is 1170. The van der Waals surface area contributed by atoms with Crippen LogP contribution in [0, 0.1) is 0 Å². The number of aliphatic carboxylic acids is 1. The lowest BCUT2D eigenvalue weighted by Gasteiger charge is -2.27. The van der Waals surface area contributed by atoms with Crippen LogP contribution in [0.5, 0.6) is 0 Å². The van der Waals surface area contributed by atoms with Crippen molar-refractivity contribution in [3.05, 3.63) is 46.9 Å². The third-order valence-electron chi connectivity index (χ3n) is 6.63. The Morgan fingerprint density at radius 1 is 1.15 bits per heavy atom. The number of nitrogens with one attached hydrogen (secondary N) is 2. The predicted molar refractivity (Wildman–Crippen MR) is 147 cm³/mol. The second kappa shape index (κ2) is 14.5. The van der Waals surface area contributed by atoms with Gasteiger partial charge in [0.1, 0.15) is 11.9 Å². The number of hydrogen-bond acceptors (Lipinski definition) is 8. The molecule has 1 atom stereocenters. The number of nitrogens with zero attached hydrogens (tertiary/aromatic N) is 4. The molecule has 13 heteroatoms. The Kier molecular flexibility index (Phi) is 11.4. The maximum atomic E-state index is 13.3.